The van der Waals surface area contributed by atoms with Gasteiger partial charge < -0.3 is 19.5 Å². The van der Waals surface area contributed by atoms with E-state index in [1.807, 2.05) is 0 Å². The van der Waals surface area contributed by atoms with Crippen LogP contribution in [-0.2, 0) is 33.3 Å². The topological polar surface area (TPSA) is 117 Å². The van der Waals surface area contributed by atoms with Gasteiger partial charge in [-0.15, -0.1) is 0 Å². The molecule has 1 saturated heterocycles. The average Bonchev–Trinajstić information content (AvgIpc) is 2.35. The number of hydrogen-bond donors (Lipinski definition) is 1. The minimum atomic E-state index is -3.92. The van der Waals surface area contributed by atoms with Crippen molar-refractivity contribution in [2.75, 3.05) is 19.5 Å². The summed E-state index contributed by atoms with van der Waals surface area (Å²) >= 11 is 0. The van der Waals surface area contributed by atoms with Crippen LogP contribution in [0.25, 0.3) is 0 Å². The van der Waals surface area contributed by atoms with Crippen LogP contribution in [0, 0.1) is 0 Å². The van der Waals surface area contributed by atoms with E-state index in [1.165, 1.54) is 0 Å². The Kier molecular flexibility index (Phi) is 6.70. The summed E-state index contributed by atoms with van der Waals surface area (Å²) < 4.78 is 44.2. The van der Waals surface area contributed by atoms with E-state index in [2.05, 4.69) is 5.32 Å². The van der Waals surface area contributed by atoms with Crippen molar-refractivity contribution in [3.05, 3.63) is 0 Å². The normalized spacial score (nSPS) is 24.7. The Morgan fingerprint density at radius 3 is 2.08 bits per heavy atom. The fourth-order valence-electron chi connectivity index (χ4n) is 2.33. The van der Waals surface area contributed by atoms with Crippen LogP contribution < -0.4 is 5.32 Å². The van der Waals surface area contributed by atoms with Crippen LogP contribution in [0.1, 0.15) is 48.0 Å². The van der Waals surface area contributed by atoms with Gasteiger partial charge >= 0.3 is 12.1 Å². The van der Waals surface area contributed by atoms with Crippen molar-refractivity contribution in [3.63, 3.8) is 0 Å². The SMILES string of the molecule is CC(C)(C)OC(=O)N[C@]1(C(=O)OC(C)(C)C)CCOC[C@@H]1OS(C)(=O)=O. The highest BCUT2D eigenvalue weighted by Gasteiger charge is 2.54. The summed E-state index contributed by atoms with van der Waals surface area (Å²) in [6, 6.07) is 0. The third-order valence-electron chi connectivity index (χ3n) is 3.24. The lowest BCUT2D eigenvalue weighted by atomic mass is 9.87. The number of esters is 1. The van der Waals surface area contributed by atoms with Gasteiger partial charge in [-0.05, 0) is 41.5 Å². The van der Waals surface area contributed by atoms with Crippen LogP contribution in [0.4, 0.5) is 4.79 Å². The molecule has 1 amide bonds. The maximum Gasteiger partial charge on any atom is 0.408 e. The molecule has 0 spiro atoms. The summed E-state index contributed by atoms with van der Waals surface area (Å²) in [7, 11) is -3.92. The van der Waals surface area contributed by atoms with Crippen molar-refractivity contribution in [3.8, 4) is 0 Å². The molecule has 9 nitrogen and oxygen atoms in total. The summed E-state index contributed by atoms with van der Waals surface area (Å²) in [5.74, 6) is -0.812. The number of hydrogen-bond acceptors (Lipinski definition) is 8. The Labute approximate surface area is 154 Å². The van der Waals surface area contributed by atoms with Crippen molar-refractivity contribution < 1.29 is 36.4 Å². The smallest absolute Gasteiger partial charge is 0.408 e. The number of carbonyl (C=O) groups is 2. The molecular weight excluding hydrogens is 366 g/mol. The van der Waals surface area contributed by atoms with Crippen LogP contribution in [0.5, 0.6) is 0 Å². The molecule has 0 aromatic heterocycles. The molecule has 26 heavy (non-hydrogen) atoms. The molecule has 0 unspecified atom stereocenters. The van der Waals surface area contributed by atoms with Crippen molar-refractivity contribution >= 4 is 22.2 Å². The highest BCUT2D eigenvalue weighted by molar-refractivity contribution is 7.86. The second-order valence-electron chi connectivity index (χ2n) is 8.21. The molecular formula is C16H29NO8S. The molecule has 0 aliphatic carbocycles. The maximum atomic E-state index is 12.9. The Bertz CT molecular complexity index is 632. The molecule has 1 aliphatic rings. The number of nitrogens with one attached hydrogen (secondary N) is 1. The molecule has 152 valence electrons. The average molecular weight is 395 g/mol. The van der Waals surface area contributed by atoms with Crippen LogP contribution in [0.3, 0.4) is 0 Å². The van der Waals surface area contributed by atoms with Crippen molar-refractivity contribution in [2.24, 2.45) is 0 Å². The lowest BCUT2D eigenvalue weighted by Gasteiger charge is -2.42. The first-order valence-corrected chi connectivity index (χ1v) is 10.1. The van der Waals surface area contributed by atoms with E-state index < -0.39 is 45.0 Å². The number of amides is 1. The van der Waals surface area contributed by atoms with Crippen molar-refractivity contribution in [1.29, 1.82) is 0 Å². The van der Waals surface area contributed by atoms with E-state index in [-0.39, 0.29) is 19.6 Å². The minimum Gasteiger partial charge on any atom is -0.458 e. The Morgan fingerprint density at radius 1 is 1.08 bits per heavy atom. The van der Waals surface area contributed by atoms with Gasteiger partial charge in [-0.2, -0.15) is 8.42 Å². The predicted molar refractivity (Wildman–Crippen MR) is 93.1 cm³/mol. The fourth-order valence-corrected chi connectivity index (χ4v) is 2.97. The van der Waals surface area contributed by atoms with Gasteiger partial charge in [0.2, 0.25) is 0 Å². The summed E-state index contributed by atoms with van der Waals surface area (Å²) in [5.41, 5.74) is -3.41. The molecule has 0 saturated carbocycles. The van der Waals surface area contributed by atoms with E-state index in [9.17, 15) is 18.0 Å². The fraction of sp³-hybridized carbons (Fsp3) is 0.875. The standard InChI is InChI=1S/C16H29NO8S/c1-14(2,3)23-12(18)16(17-13(19)24-15(4,5)6)8-9-22-10-11(16)25-26(7,20)21/h11H,8-10H2,1-7H3,(H,17,19)/t11-,16+/m0/s1. The molecule has 1 N–H and O–H groups in total. The zero-order chi connectivity index (χ0) is 20.4. The van der Waals surface area contributed by atoms with Gasteiger partial charge in [-0.1, -0.05) is 0 Å². The van der Waals surface area contributed by atoms with Crippen molar-refractivity contribution in [1.82, 2.24) is 5.32 Å². The van der Waals surface area contributed by atoms with Gasteiger partial charge in [-0.3, -0.25) is 4.18 Å². The van der Waals surface area contributed by atoms with E-state index in [4.69, 9.17) is 18.4 Å². The first kappa shape index (κ1) is 22.7. The van der Waals surface area contributed by atoms with E-state index in [0.29, 0.717) is 0 Å². The number of ether oxygens (including phenoxy) is 3. The molecule has 10 heteroatoms. The van der Waals surface area contributed by atoms with Gasteiger partial charge in [-0.25, -0.2) is 9.59 Å². The van der Waals surface area contributed by atoms with Gasteiger partial charge in [0.1, 0.15) is 17.3 Å². The Morgan fingerprint density at radius 2 is 1.62 bits per heavy atom. The summed E-state index contributed by atoms with van der Waals surface area (Å²) in [6.07, 6.45) is -1.34. The molecule has 1 rings (SSSR count). The lowest BCUT2D eigenvalue weighted by molar-refractivity contribution is -0.175. The maximum absolute atomic E-state index is 12.9. The Hall–Kier alpha value is -1.39. The number of rotatable bonds is 4. The summed E-state index contributed by atoms with van der Waals surface area (Å²) in [5, 5.41) is 2.48. The van der Waals surface area contributed by atoms with Crippen LogP contribution in [0.15, 0.2) is 0 Å². The first-order chi connectivity index (χ1) is 11.5. The first-order valence-electron chi connectivity index (χ1n) is 8.25. The molecule has 1 aliphatic heterocycles. The Balaban J connectivity index is 3.25. The van der Waals surface area contributed by atoms with Gasteiger partial charge in [0.05, 0.1) is 12.9 Å². The van der Waals surface area contributed by atoms with E-state index in [1.54, 1.807) is 41.5 Å². The van der Waals surface area contributed by atoms with Crippen molar-refractivity contribution in [2.45, 2.75) is 70.8 Å². The third-order valence-corrected chi connectivity index (χ3v) is 3.82. The van der Waals surface area contributed by atoms with Crippen LogP contribution >= 0.6 is 0 Å². The second kappa shape index (κ2) is 7.69. The summed E-state index contributed by atoms with van der Waals surface area (Å²) in [6.45, 7) is 9.90. The zero-order valence-electron chi connectivity index (χ0n) is 16.4. The van der Waals surface area contributed by atoms with E-state index in [0.717, 1.165) is 6.26 Å². The van der Waals surface area contributed by atoms with E-state index >= 15 is 0 Å². The molecule has 0 radical (unpaired) electrons. The largest absolute Gasteiger partial charge is 0.458 e. The number of carbonyl (C=O) groups excluding carboxylic acids is 2. The third kappa shape index (κ3) is 7.08. The molecule has 0 bridgehead atoms. The molecule has 0 aromatic carbocycles. The van der Waals surface area contributed by atoms with Gasteiger partial charge in [0.25, 0.3) is 10.1 Å². The monoisotopic (exact) mass is 395 g/mol. The lowest BCUT2D eigenvalue weighted by Crippen LogP contribution is -2.68. The summed E-state index contributed by atoms with van der Waals surface area (Å²) in [4.78, 5) is 25.2. The van der Waals surface area contributed by atoms with Crippen LogP contribution in [0.2, 0.25) is 0 Å². The second-order valence-corrected chi connectivity index (χ2v) is 9.81. The molecule has 1 heterocycles. The van der Waals surface area contributed by atoms with Gasteiger partial charge in [0.15, 0.2) is 5.54 Å². The molecule has 2 atom stereocenters. The van der Waals surface area contributed by atoms with Gasteiger partial charge in [0, 0.05) is 13.0 Å². The molecule has 1 fully saturated rings. The minimum absolute atomic E-state index is 0.0264. The molecule has 0 aromatic rings. The van der Waals surface area contributed by atoms with Crippen LogP contribution in [-0.4, -0.2) is 62.8 Å². The number of alkyl carbamates (subject to hydrolysis) is 1. The zero-order valence-corrected chi connectivity index (χ0v) is 17.2. The predicted octanol–water partition coefficient (Wildman–Crippen LogP) is 1.36. The highest BCUT2D eigenvalue weighted by atomic mass is 32.2. The highest BCUT2D eigenvalue weighted by Crippen LogP contribution is 2.29. The quantitative estimate of drug-likeness (QED) is 0.560.